The Bertz CT molecular complexity index is 923. The van der Waals surface area contributed by atoms with Gasteiger partial charge in [0.2, 0.25) is 0 Å². The van der Waals surface area contributed by atoms with Crippen molar-refractivity contribution in [1.82, 2.24) is 0 Å². The third kappa shape index (κ3) is 6.72. The van der Waals surface area contributed by atoms with Crippen molar-refractivity contribution >= 4 is 11.5 Å². The van der Waals surface area contributed by atoms with Crippen LogP contribution in [0.15, 0.2) is 66.8 Å². The molecule has 7 heteroatoms. The van der Waals surface area contributed by atoms with E-state index < -0.39 is 17.7 Å². The molecule has 1 aliphatic heterocycles. The largest absolute Gasteiger partial charge is 0.493 e. The van der Waals surface area contributed by atoms with Crippen molar-refractivity contribution in [3.05, 3.63) is 83.4 Å². The molecule has 0 amide bonds. The molecule has 0 aliphatic carbocycles. The van der Waals surface area contributed by atoms with Gasteiger partial charge in [-0.05, 0) is 59.7 Å². The van der Waals surface area contributed by atoms with E-state index in [1.165, 1.54) is 18.2 Å². The fourth-order valence-corrected chi connectivity index (χ4v) is 3.28. The molecule has 31 heavy (non-hydrogen) atoms. The molecule has 0 unspecified atom stereocenters. The number of rotatable bonds is 7. The van der Waals surface area contributed by atoms with Gasteiger partial charge in [-0.15, -0.1) is 0 Å². The van der Waals surface area contributed by atoms with E-state index >= 15 is 0 Å². The molecule has 4 nitrogen and oxygen atoms in total. The van der Waals surface area contributed by atoms with E-state index in [9.17, 15) is 18.0 Å². The van der Waals surface area contributed by atoms with Crippen molar-refractivity contribution in [2.45, 2.75) is 19.0 Å². The van der Waals surface area contributed by atoms with E-state index in [-0.39, 0.29) is 0 Å². The number of benzene rings is 2. The molecule has 2 aromatic carbocycles. The van der Waals surface area contributed by atoms with Gasteiger partial charge in [0.15, 0.2) is 0 Å². The van der Waals surface area contributed by atoms with Crippen LogP contribution in [-0.4, -0.2) is 30.9 Å². The SMILES string of the molecule is O=C(O)/C=C/C=C(/c1ccc(OCC2CCOCC2)cc1)c1ccc(C(F)(F)F)cc1. The van der Waals surface area contributed by atoms with Crippen LogP contribution in [0.25, 0.3) is 5.57 Å². The molecule has 1 saturated heterocycles. The first-order valence-corrected chi connectivity index (χ1v) is 9.93. The number of carbonyl (C=O) groups is 1. The Morgan fingerprint density at radius 2 is 1.61 bits per heavy atom. The maximum absolute atomic E-state index is 12.9. The van der Waals surface area contributed by atoms with Gasteiger partial charge in [0.05, 0.1) is 12.2 Å². The Balaban J connectivity index is 1.79. The molecule has 0 atom stereocenters. The lowest BCUT2D eigenvalue weighted by atomic mass is 9.96. The number of ether oxygens (including phenoxy) is 2. The molecule has 0 saturated carbocycles. The number of allylic oxidation sites excluding steroid dienone is 2. The van der Waals surface area contributed by atoms with E-state index in [0.717, 1.165) is 49.8 Å². The quantitative estimate of drug-likeness (QED) is 0.458. The van der Waals surface area contributed by atoms with Gasteiger partial charge < -0.3 is 14.6 Å². The third-order valence-electron chi connectivity index (χ3n) is 5.02. The highest BCUT2D eigenvalue weighted by Crippen LogP contribution is 2.32. The molecule has 0 aromatic heterocycles. The van der Waals surface area contributed by atoms with E-state index in [1.54, 1.807) is 30.3 Å². The zero-order valence-electron chi connectivity index (χ0n) is 16.8. The fourth-order valence-electron chi connectivity index (χ4n) is 3.28. The van der Waals surface area contributed by atoms with E-state index in [4.69, 9.17) is 14.6 Å². The van der Waals surface area contributed by atoms with Gasteiger partial charge in [-0.25, -0.2) is 4.79 Å². The van der Waals surface area contributed by atoms with E-state index in [0.29, 0.717) is 29.4 Å². The van der Waals surface area contributed by atoms with Crippen LogP contribution in [0.5, 0.6) is 5.75 Å². The van der Waals surface area contributed by atoms with Gasteiger partial charge in [-0.2, -0.15) is 13.2 Å². The molecule has 0 bridgehead atoms. The number of hydrogen-bond donors (Lipinski definition) is 1. The zero-order chi connectivity index (χ0) is 22.3. The number of aliphatic carboxylic acids is 1. The van der Waals surface area contributed by atoms with Gasteiger partial charge >= 0.3 is 12.1 Å². The highest BCUT2D eigenvalue weighted by atomic mass is 19.4. The van der Waals surface area contributed by atoms with Crippen molar-refractivity contribution in [2.24, 2.45) is 5.92 Å². The van der Waals surface area contributed by atoms with Crippen molar-refractivity contribution in [2.75, 3.05) is 19.8 Å². The lowest BCUT2D eigenvalue weighted by Crippen LogP contribution is -2.21. The Morgan fingerprint density at radius 3 is 2.16 bits per heavy atom. The standard InChI is InChI=1S/C24H23F3O4/c25-24(26,27)20-8-4-18(5-9-20)22(2-1-3-23(28)29)19-6-10-21(11-7-19)31-16-17-12-14-30-15-13-17/h1-11,17H,12-16H2,(H,28,29)/b3-1+,22-2+. The summed E-state index contributed by atoms with van der Waals surface area (Å²) in [5.41, 5.74) is 1.13. The number of carboxylic acid groups (broad SMARTS) is 1. The summed E-state index contributed by atoms with van der Waals surface area (Å²) in [6.07, 6.45) is 1.40. The minimum absolute atomic E-state index is 0.456. The van der Waals surface area contributed by atoms with Gasteiger partial charge in [-0.3, -0.25) is 0 Å². The van der Waals surface area contributed by atoms with E-state index in [1.807, 2.05) is 0 Å². The van der Waals surface area contributed by atoms with Crippen LogP contribution in [0.3, 0.4) is 0 Å². The van der Waals surface area contributed by atoms with Gasteiger partial charge in [0.1, 0.15) is 5.75 Å². The number of alkyl halides is 3. The molecular weight excluding hydrogens is 409 g/mol. The second-order valence-electron chi connectivity index (χ2n) is 7.24. The first-order valence-electron chi connectivity index (χ1n) is 9.93. The molecule has 3 rings (SSSR count). The van der Waals surface area contributed by atoms with Crippen molar-refractivity contribution in [3.8, 4) is 5.75 Å². The lowest BCUT2D eigenvalue weighted by Gasteiger charge is -2.22. The predicted octanol–water partition coefficient (Wildman–Crippen LogP) is 5.58. The molecule has 2 aromatic rings. The number of carboxylic acids is 1. The number of halogens is 3. The monoisotopic (exact) mass is 432 g/mol. The van der Waals surface area contributed by atoms with Gasteiger partial charge in [-0.1, -0.05) is 36.4 Å². The number of hydrogen-bond acceptors (Lipinski definition) is 3. The molecule has 0 radical (unpaired) electrons. The smallest absolute Gasteiger partial charge is 0.416 e. The summed E-state index contributed by atoms with van der Waals surface area (Å²) in [7, 11) is 0. The molecule has 1 N–H and O–H groups in total. The molecule has 1 fully saturated rings. The first kappa shape index (κ1) is 22.6. The summed E-state index contributed by atoms with van der Waals surface area (Å²) in [5, 5.41) is 8.83. The highest BCUT2D eigenvalue weighted by Gasteiger charge is 2.30. The summed E-state index contributed by atoms with van der Waals surface area (Å²) >= 11 is 0. The first-order chi connectivity index (χ1) is 14.8. The van der Waals surface area contributed by atoms with Crippen LogP contribution in [0.1, 0.15) is 29.5 Å². The Hall–Kier alpha value is -3.06. The minimum Gasteiger partial charge on any atom is -0.493 e. The van der Waals surface area contributed by atoms with Crippen LogP contribution < -0.4 is 4.74 Å². The molecule has 0 spiro atoms. The van der Waals surface area contributed by atoms with Gasteiger partial charge in [0.25, 0.3) is 0 Å². The predicted molar refractivity (Wildman–Crippen MR) is 111 cm³/mol. The summed E-state index contributed by atoms with van der Waals surface area (Å²) < 4.78 is 49.8. The molecular formula is C24H23F3O4. The van der Waals surface area contributed by atoms with E-state index in [2.05, 4.69) is 0 Å². The fraction of sp³-hybridized carbons (Fsp3) is 0.292. The summed E-state index contributed by atoms with van der Waals surface area (Å²) in [6.45, 7) is 2.10. The Kier molecular flexibility index (Phi) is 7.52. The second-order valence-corrected chi connectivity index (χ2v) is 7.24. The van der Waals surface area contributed by atoms with Crippen LogP contribution in [0, 0.1) is 5.92 Å². The van der Waals surface area contributed by atoms with Crippen molar-refractivity contribution in [1.29, 1.82) is 0 Å². The molecule has 1 aliphatic rings. The zero-order valence-corrected chi connectivity index (χ0v) is 16.8. The van der Waals surface area contributed by atoms with Crippen LogP contribution in [0.2, 0.25) is 0 Å². The maximum Gasteiger partial charge on any atom is 0.416 e. The van der Waals surface area contributed by atoms with Crippen molar-refractivity contribution in [3.63, 3.8) is 0 Å². The normalized spacial score (nSPS) is 15.9. The van der Waals surface area contributed by atoms with Crippen molar-refractivity contribution < 1.29 is 32.5 Å². The van der Waals surface area contributed by atoms with Crippen LogP contribution in [0.4, 0.5) is 13.2 Å². The summed E-state index contributed by atoms with van der Waals surface area (Å²) in [5.74, 6) is 0.0418. The highest BCUT2D eigenvalue weighted by molar-refractivity contribution is 5.84. The van der Waals surface area contributed by atoms with Gasteiger partial charge in [0, 0.05) is 19.3 Å². The Labute approximate surface area is 178 Å². The van der Waals surface area contributed by atoms with Crippen LogP contribution in [-0.2, 0) is 15.7 Å². The average molecular weight is 432 g/mol. The lowest BCUT2D eigenvalue weighted by molar-refractivity contribution is -0.137. The van der Waals surface area contributed by atoms with Crippen LogP contribution >= 0.6 is 0 Å². The second kappa shape index (κ2) is 10.3. The minimum atomic E-state index is -4.42. The third-order valence-corrected chi connectivity index (χ3v) is 5.02. The average Bonchev–Trinajstić information content (AvgIpc) is 2.76. The molecule has 164 valence electrons. The maximum atomic E-state index is 12.9. The summed E-state index contributed by atoms with van der Waals surface area (Å²) in [6, 6.07) is 12.0. The topological polar surface area (TPSA) is 55.8 Å². The summed E-state index contributed by atoms with van der Waals surface area (Å²) in [4.78, 5) is 10.8. The molecule has 1 heterocycles. The Morgan fingerprint density at radius 1 is 1.03 bits per heavy atom.